The fourth-order valence-corrected chi connectivity index (χ4v) is 9.61. The van der Waals surface area contributed by atoms with Crippen LogP contribution in [0, 0.1) is 11.3 Å². The molecule has 0 spiro atoms. The SMILES string of the molecule is N#Cc1ccc2cc(-n3c4ccc(-c5ccc6c(c5)c5ccccc5n6-c5ccccc5)cc4c4c(-c5cccc6c5Cc5ccccc5-6)cccc43)ccc2c1. The molecule has 0 radical (unpaired) electrons. The molecule has 0 atom stereocenters. The molecule has 0 aliphatic heterocycles. The number of benzene rings is 9. The number of aromatic nitrogens is 2. The highest BCUT2D eigenvalue weighted by molar-refractivity contribution is 6.18. The minimum absolute atomic E-state index is 0.671. The van der Waals surface area contributed by atoms with Gasteiger partial charge in [-0.2, -0.15) is 5.26 Å². The summed E-state index contributed by atoms with van der Waals surface area (Å²) in [7, 11) is 0. The van der Waals surface area contributed by atoms with Crippen LogP contribution >= 0.6 is 0 Å². The monoisotopic (exact) mass is 723 g/mol. The standard InChI is InChI=1S/C54H33N3/c55-33-34-20-21-36-29-41(25-22-35(36)28-34)57-52-27-24-38(37-23-26-51-48(30-37)45-14-6-7-18-50(45)56(51)40-11-2-1-3-12-40)31-49(52)54-46(17-9-19-53(54)57)44-16-8-15-43-42-13-5-4-10-39(42)32-47(43)44/h1-31H,32H2. The molecule has 0 fully saturated rings. The summed E-state index contributed by atoms with van der Waals surface area (Å²) < 4.78 is 4.79. The summed E-state index contributed by atoms with van der Waals surface area (Å²) in [5.41, 5.74) is 18.0. The Kier molecular flexibility index (Phi) is 6.76. The summed E-state index contributed by atoms with van der Waals surface area (Å²) >= 11 is 0. The lowest BCUT2D eigenvalue weighted by Crippen LogP contribution is -1.94. The van der Waals surface area contributed by atoms with Crippen molar-refractivity contribution in [1.29, 1.82) is 5.26 Å². The Hall–Kier alpha value is -7.67. The molecule has 2 aromatic heterocycles. The van der Waals surface area contributed by atoms with Gasteiger partial charge < -0.3 is 9.13 Å². The molecule has 0 N–H and O–H groups in total. The van der Waals surface area contributed by atoms with E-state index in [1.54, 1.807) is 0 Å². The number of para-hydroxylation sites is 2. The van der Waals surface area contributed by atoms with Crippen LogP contribution in [-0.4, -0.2) is 9.13 Å². The van der Waals surface area contributed by atoms with E-state index in [0.717, 1.165) is 34.1 Å². The van der Waals surface area contributed by atoms with Crippen molar-refractivity contribution >= 4 is 54.4 Å². The Balaban J connectivity index is 1.11. The topological polar surface area (TPSA) is 33.6 Å². The predicted molar refractivity (Wildman–Crippen MR) is 236 cm³/mol. The van der Waals surface area contributed by atoms with Crippen molar-refractivity contribution in [2.75, 3.05) is 0 Å². The number of nitrogens with zero attached hydrogens (tertiary/aromatic N) is 3. The zero-order chi connectivity index (χ0) is 37.6. The highest BCUT2D eigenvalue weighted by Crippen LogP contribution is 2.46. The van der Waals surface area contributed by atoms with Gasteiger partial charge in [-0.3, -0.25) is 0 Å². The summed E-state index contributed by atoms with van der Waals surface area (Å²) in [6, 6.07) is 70.6. The van der Waals surface area contributed by atoms with E-state index >= 15 is 0 Å². The van der Waals surface area contributed by atoms with Crippen LogP contribution in [0.4, 0.5) is 0 Å². The molecular weight excluding hydrogens is 691 g/mol. The van der Waals surface area contributed by atoms with Crippen LogP contribution < -0.4 is 0 Å². The minimum Gasteiger partial charge on any atom is -0.309 e. The van der Waals surface area contributed by atoms with E-state index in [1.807, 2.05) is 12.1 Å². The zero-order valence-corrected chi connectivity index (χ0v) is 30.9. The van der Waals surface area contributed by atoms with Crippen molar-refractivity contribution < 1.29 is 0 Å². The quantitative estimate of drug-likeness (QED) is 0.178. The van der Waals surface area contributed by atoms with Crippen LogP contribution in [0.1, 0.15) is 16.7 Å². The molecule has 0 unspecified atom stereocenters. The van der Waals surface area contributed by atoms with Gasteiger partial charge in [-0.1, -0.05) is 115 Å². The lowest BCUT2D eigenvalue weighted by atomic mass is 9.92. The van der Waals surface area contributed by atoms with Gasteiger partial charge in [-0.15, -0.1) is 0 Å². The highest BCUT2D eigenvalue weighted by Gasteiger charge is 2.24. The summed E-state index contributed by atoms with van der Waals surface area (Å²) in [5, 5.41) is 16.7. The molecule has 1 aliphatic rings. The van der Waals surface area contributed by atoms with Gasteiger partial charge in [0, 0.05) is 32.9 Å². The fraction of sp³-hybridized carbons (Fsp3) is 0.0185. The Morgan fingerprint density at radius 2 is 1.02 bits per heavy atom. The first-order chi connectivity index (χ1) is 28.2. The summed E-state index contributed by atoms with van der Waals surface area (Å²) in [5.74, 6) is 0. The van der Waals surface area contributed by atoms with Crippen molar-refractivity contribution in [2.45, 2.75) is 6.42 Å². The van der Waals surface area contributed by atoms with Gasteiger partial charge >= 0.3 is 0 Å². The molecular formula is C54H33N3. The Labute approximate surface area is 329 Å². The molecule has 0 saturated carbocycles. The molecule has 57 heavy (non-hydrogen) atoms. The molecule has 12 rings (SSSR count). The smallest absolute Gasteiger partial charge is 0.0991 e. The average molecular weight is 724 g/mol. The van der Waals surface area contributed by atoms with E-state index in [0.29, 0.717) is 5.56 Å². The average Bonchev–Trinajstić information content (AvgIpc) is 3.93. The number of rotatable bonds is 4. The van der Waals surface area contributed by atoms with Crippen molar-refractivity contribution in [3.63, 3.8) is 0 Å². The van der Waals surface area contributed by atoms with E-state index in [-0.39, 0.29) is 0 Å². The van der Waals surface area contributed by atoms with E-state index in [1.165, 1.54) is 82.6 Å². The van der Waals surface area contributed by atoms with E-state index < -0.39 is 0 Å². The van der Waals surface area contributed by atoms with E-state index in [4.69, 9.17) is 0 Å². The van der Waals surface area contributed by atoms with Gasteiger partial charge in [0.25, 0.3) is 0 Å². The number of hydrogen-bond acceptors (Lipinski definition) is 1. The zero-order valence-electron chi connectivity index (χ0n) is 30.9. The highest BCUT2D eigenvalue weighted by atomic mass is 15.0. The molecule has 2 heterocycles. The van der Waals surface area contributed by atoms with E-state index in [2.05, 4.69) is 191 Å². The van der Waals surface area contributed by atoms with Crippen LogP contribution in [-0.2, 0) is 6.42 Å². The first-order valence-corrected chi connectivity index (χ1v) is 19.5. The summed E-state index contributed by atoms with van der Waals surface area (Å²) in [6.45, 7) is 0. The number of hydrogen-bond donors (Lipinski definition) is 0. The number of nitriles is 1. The van der Waals surface area contributed by atoms with Crippen molar-refractivity contribution in [2.24, 2.45) is 0 Å². The van der Waals surface area contributed by atoms with Gasteiger partial charge in [-0.25, -0.2) is 0 Å². The number of fused-ring (bicyclic) bond motifs is 10. The summed E-state index contributed by atoms with van der Waals surface area (Å²) in [6.07, 6.45) is 0.925. The minimum atomic E-state index is 0.671. The Morgan fingerprint density at radius 1 is 0.404 bits per heavy atom. The molecule has 0 saturated heterocycles. The molecule has 11 aromatic rings. The maximum absolute atomic E-state index is 9.56. The van der Waals surface area contributed by atoms with Gasteiger partial charge in [0.15, 0.2) is 0 Å². The van der Waals surface area contributed by atoms with Gasteiger partial charge in [0.2, 0.25) is 0 Å². The third-order valence-electron chi connectivity index (χ3n) is 12.2. The lowest BCUT2D eigenvalue weighted by molar-refractivity contribution is 1.18. The van der Waals surface area contributed by atoms with Crippen LogP contribution in [0.3, 0.4) is 0 Å². The van der Waals surface area contributed by atoms with Crippen molar-refractivity contribution in [1.82, 2.24) is 9.13 Å². The molecule has 0 amide bonds. The normalized spacial score (nSPS) is 12.1. The van der Waals surface area contributed by atoms with Crippen LogP contribution in [0.15, 0.2) is 188 Å². The third kappa shape index (κ3) is 4.72. The second-order valence-corrected chi connectivity index (χ2v) is 15.2. The second kappa shape index (κ2) is 12.2. The van der Waals surface area contributed by atoms with Crippen molar-refractivity contribution in [3.05, 3.63) is 205 Å². The van der Waals surface area contributed by atoms with E-state index in [9.17, 15) is 5.26 Å². The van der Waals surface area contributed by atoms with Gasteiger partial charge in [-0.05, 0) is 134 Å². The van der Waals surface area contributed by atoms with Crippen molar-refractivity contribution in [3.8, 4) is 50.8 Å². The molecule has 264 valence electrons. The molecule has 1 aliphatic carbocycles. The van der Waals surface area contributed by atoms with Gasteiger partial charge in [0.05, 0.1) is 33.7 Å². The van der Waals surface area contributed by atoms with Crippen LogP contribution in [0.5, 0.6) is 0 Å². The molecule has 0 bridgehead atoms. The second-order valence-electron chi connectivity index (χ2n) is 15.2. The Morgan fingerprint density at radius 3 is 1.88 bits per heavy atom. The van der Waals surface area contributed by atoms with Crippen LogP contribution in [0.25, 0.3) is 99.1 Å². The molecule has 3 heteroatoms. The maximum atomic E-state index is 9.56. The Bertz CT molecular complexity index is 3500. The largest absolute Gasteiger partial charge is 0.309 e. The molecule has 9 aromatic carbocycles. The predicted octanol–water partition coefficient (Wildman–Crippen LogP) is 13.8. The lowest BCUT2D eigenvalue weighted by Gasteiger charge is -2.12. The first-order valence-electron chi connectivity index (χ1n) is 19.5. The fourth-order valence-electron chi connectivity index (χ4n) is 9.61. The maximum Gasteiger partial charge on any atom is 0.0991 e. The third-order valence-corrected chi connectivity index (χ3v) is 12.2. The first kappa shape index (κ1) is 31.7. The molecule has 3 nitrogen and oxygen atoms in total. The van der Waals surface area contributed by atoms with Gasteiger partial charge in [0.1, 0.15) is 0 Å². The summed E-state index contributed by atoms with van der Waals surface area (Å²) in [4.78, 5) is 0. The van der Waals surface area contributed by atoms with Crippen LogP contribution in [0.2, 0.25) is 0 Å².